The van der Waals surface area contributed by atoms with Crippen LogP contribution in [0.25, 0.3) is 0 Å². The van der Waals surface area contributed by atoms with E-state index < -0.39 is 0 Å². The summed E-state index contributed by atoms with van der Waals surface area (Å²) in [4.78, 5) is 5.14. The summed E-state index contributed by atoms with van der Waals surface area (Å²) in [6.07, 6.45) is 7.65. The van der Waals surface area contributed by atoms with Crippen molar-refractivity contribution >= 4 is 0 Å². The van der Waals surface area contributed by atoms with Crippen molar-refractivity contribution in [2.45, 2.75) is 31.7 Å². The predicted octanol–water partition coefficient (Wildman–Crippen LogP) is 1.98. The van der Waals surface area contributed by atoms with Gasteiger partial charge >= 0.3 is 0 Å². The molecule has 1 saturated carbocycles. The minimum absolute atomic E-state index is 0.800. The molecule has 2 heteroatoms. The number of hydrogen-bond acceptors (Lipinski definition) is 2. The normalized spacial score (nSPS) is 35.3. The molecule has 0 unspecified atom stereocenters. The minimum Gasteiger partial charge on any atom is -0.304 e. The fraction of sp³-hybridized carbons (Fsp3) is 0.846. The highest BCUT2D eigenvalue weighted by Gasteiger charge is 2.26. The van der Waals surface area contributed by atoms with Crippen LogP contribution in [-0.2, 0) is 0 Å². The van der Waals surface area contributed by atoms with Gasteiger partial charge in [0, 0.05) is 32.2 Å². The molecule has 15 heavy (non-hydrogen) atoms. The molecule has 0 amide bonds. The third-order valence-corrected chi connectivity index (χ3v) is 4.13. The molecule has 1 aliphatic heterocycles. The second kappa shape index (κ2) is 5.13. The molecular weight excluding hydrogens is 184 g/mol. The van der Waals surface area contributed by atoms with Crippen molar-refractivity contribution in [3.05, 3.63) is 12.7 Å². The van der Waals surface area contributed by atoms with Gasteiger partial charge in [-0.2, -0.15) is 0 Å². The van der Waals surface area contributed by atoms with E-state index >= 15 is 0 Å². The van der Waals surface area contributed by atoms with Crippen LogP contribution in [0, 0.1) is 5.92 Å². The van der Waals surface area contributed by atoms with Crippen molar-refractivity contribution in [1.82, 2.24) is 9.80 Å². The zero-order valence-corrected chi connectivity index (χ0v) is 9.99. The Kier molecular flexibility index (Phi) is 3.81. The average Bonchev–Trinajstić information content (AvgIpc) is 2.30. The molecule has 0 bridgehead atoms. The summed E-state index contributed by atoms with van der Waals surface area (Å²) in [7, 11) is 2.23. The van der Waals surface area contributed by atoms with Crippen molar-refractivity contribution < 1.29 is 0 Å². The molecule has 1 aliphatic carbocycles. The van der Waals surface area contributed by atoms with E-state index in [1.165, 1.54) is 51.9 Å². The lowest BCUT2D eigenvalue weighted by molar-refractivity contribution is 0.0856. The topological polar surface area (TPSA) is 6.48 Å². The lowest BCUT2D eigenvalue weighted by Crippen LogP contribution is -2.49. The molecule has 1 heterocycles. The Morgan fingerprint density at radius 3 is 2.13 bits per heavy atom. The monoisotopic (exact) mass is 208 g/mol. The van der Waals surface area contributed by atoms with Crippen LogP contribution in [0.5, 0.6) is 0 Å². The largest absolute Gasteiger partial charge is 0.304 e. The molecule has 1 saturated heterocycles. The number of hydrogen-bond donors (Lipinski definition) is 0. The van der Waals surface area contributed by atoms with Gasteiger partial charge in [-0.15, -0.1) is 6.58 Å². The van der Waals surface area contributed by atoms with E-state index in [-0.39, 0.29) is 0 Å². The fourth-order valence-electron chi connectivity index (χ4n) is 2.89. The SMILES string of the molecule is C=CC1CCC(N2CCN(C)CC2)CC1. The van der Waals surface area contributed by atoms with E-state index in [0.717, 1.165) is 12.0 Å². The molecule has 2 fully saturated rings. The quantitative estimate of drug-likeness (QED) is 0.640. The number of likely N-dealkylation sites (N-methyl/N-ethyl adjacent to an activating group) is 1. The van der Waals surface area contributed by atoms with E-state index in [4.69, 9.17) is 0 Å². The second-order valence-corrected chi connectivity index (χ2v) is 5.14. The molecule has 0 aromatic rings. The maximum absolute atomic E-state index is 3.91. The van der Waals surface area contributed by atoms with Gasteiger partial charge in [0.15, 0.2) is 0 Å². The van der Waals surface area contributed by atoms with Crippen LogP contribution in [0.3, 0.4) is 0 Å². The Hall–Kier alpha value is -0.340. The lowest BCUT2D eigenvalue weighted by atomic mass is 9.85. The molecular formula is C13H24N2. The predicted molar refractivity (Wildman–Crippen MR) is 65.0 cm³/mol. The molecule has 2 rings (SSSR count). The Bertz CT molecular complexity index is 199. The summed E-state index contributed by atoms with van der Waals surface area (Å²) < 4.78 is 0. The summed E-state index contributed by atoms with van der Waals surface area (Å²) in [5.74, 6) is 0.800. The highest BCUT2D eigenvalue weighted by atomic mass is 15.3. The molecule has 2 aliphatic rings. The lowest BCUT2D eigenvalue weighted by Gasteiger charge is -2.40. The Morgan fingerprint density at radius 1 is 1.00 bits per heavy atom. The average molecular weight is 208 g/mol. The Labute approximate surface area is 93.9 Å². The summed E-state index contributed by atoms with van der Waals surface area (Å²) in [6, 6.07) is 0.870. The van der Waals surface area contributed by atoms with Crippen LogP contribution in [-0.4, -0.2) is 49.1 Å². The molecule has 0 aromatic heterocycles. The van der Waals surface area contributed by atoms with Crippen molar-refractivity contribution in [1.29, 1.82) is 0 Å². The van der Waals surface area contributed by atoms with E-state index in [2.05, 4.69) is 29.5 Å². The number of nitrogens with zero attached hydrogens (tertiary/aromatic N) is 2. The maximum Gasteiger partial charge on any atom is 0.0113 e. The molecule has 0 aromatic carbocycles. The van der Waals surface area contributed by atoms with Crippen LogP contribution < -0.4 is 0 Å². The van der Waals surface area contributed by atoms with Crippen molar-refractivity contribution in [3.63, 3.8) is 0 Å². The van der Waals surface area contributed by atoms with Crippen LogP contribution in [0.4, 0.5) is 0 Å². The molecule has 0 N–H and O–H groups in total. The first-order valence-electron chi connectivity index (χ1n) is 6.34. The minimum atomic E-state index is 0.800. The Morgan fingerprint density at radius 2 is 1.60 bits per heavy atom. The third-order valence-electron chi connectivity index (χ3n) is 4.13. The van der Waals surface area contributed by atoms with Gasteiger partial charge in [0.05, 0.1) is 0 Å². The zero-order valence-electron chi connectivity index (χ0n) is 9.99. The van der Waals surface area contributed by atoms with Gasteiger partial charge in [-0.3, -0.25) is 4.90 Å². The highest BCUT2D eigenvalue weighted by Crippen LogP contribution is 2.28. The van der Waals surface area contributed by atoms with E-state index in [1.54, 1.807) is 0 Å². The Balaban J connectivity index is 1.78. The second-order valence-electron chi connectivity index (χ2n) is 5.14. The van der Waals surface area contributed by atoms with Crippen molar-refractivity contribution in [3.8, 4) is 0 Å². The molecule has 0 spiro atoms. The summed E-state index contributed by atoms with van der Waals surface area (Å²) in [6.45, 7) is 8.97. The molecule has 0 radical (unpaired) electrons. The first kappa shape index (κ1) is 11.2. The van der Waals surface area contributed by atoms with Crippen LogP contribution in [0.15, 0.2) is 12.7 Å². The third kappa shape index (κ3) is 2.82. The van der Waals surface area contributed by atoms with Crippen molar-refractivity contribution in [2.24, 2.45) is 5.92 Å². The summed E-state index contributed by atoms with van der Waals surface area (Å²) in [5.41, 5.74) is 0. The van der Waals surface area contributed by atoms with Gasteiger partial charge in [0.1, 0.15) is 0 Å². The summed E-state index contributed by atoms with van der Waals surface area (Å²) in [5, 5.41) is 0. The van der Waals surface area contributed by atoms with Gasteiger partial charge < -0.3 is 4.90 Å². The van der Waals surface area contributed by atoms with Crippen LogP contribution in [0.1, 0.15) is 25.7 Å². The van der Waals surface area contributed by atoms with Gasteiger partial charge in [-0.05, 0) is 38.6 Å². The first-order chi connectivity index (χ1) is 7.29. The fourth-order valence-corrected chi connectivity index (χ4v) is 2.89. The number of rotatable bonds is 2. The first-order valence-corrected chi connectivity index (χ1v) is 6.34. The molecule has 86 valence electrons. The van der Waals surface area contributed by atoms with Gasteiger partial charge in [0.25, 0.3) is 0 Å². The zero-order chi connectivity index (χ0) is 10.7. The van der Waals surface area contributed by atoms with Gasteiger partial charge in [-0.25, -0.2) is 0 Å². The van der Waals surface area contributed by atoms with Gasteiger partial charge in [0.2, 0.25) is 0 Å². The number of piperazine rings is 1. The molecule has 0 atom stereocenters. The highest BCUT2D eigenvalue weighted by molar-refractivity contribution is 4.88. The number of allylic oxidation sites excluding steroid dienone is 1. The molecule has 2 nitrogen and oxygen atoms in total. The van der Waals surface area contributed by atoms with Crippen LogP contribution >= 0.6 is 0 Å². The smallest absolute Gasteiger partial charge is 0.0113 e. The van der Waals surface area contributed by atoms with Crippen LogP contribution in [0.2, 0.25) is 0 Å². The van der Waals surface area contributed by atoms with E-state index in [1.807, 2.05) is 0 Å². The van der Waals surface area contributed by atoms with Gasteiger partial charge in [-0.1, -0.05) is 6.08 Å². The van der Waals surface area contributed by atoms with E-state index in [0.29, 0.717) is 0 Å². The maximum atomic E-state index is 3.91. The van der Waals surface area contributed by atoms with Crippen molar-refractivity contribution in [2.75, 3.05) is 33.2 Å². The summed E-state index contributed by atoms with van der Waals surface area (Å²) >= 11 is 0. The standard InChI is InChI=1S/C13H24N2/c1-3-12-4-6-13(7-5-12)15-10-8-14(2)9-11-15/h3,12-13H,1,4-11H2,2H3. The van der Waals surface area contributed by atoms with E-state index in [9.17, 15) is 0 Å².